The van der Waals surface area contributed by atoms with E-state index in [1.807, 2.05) is 43.3 Å². The van der Waals surface area contributed by atoms with E-state index in [9.17, 15) is 0 Å². The van der Waals surface area contributed by atoms with Gasteiger partial charge >= 0.3 is 0 Å². The maximum absolute atomic E-state index is 5.31. The Morgan fingerprint density at radius 1 is 1.11 bits per heavy atom. The highest BCUT2D eigenvalue weighted by atomic mass is 15.3. The van der Waals surface area contributed by atoms with E-state index in [1.165, 1.54) is 6.33 Å². The van der Waals surface area contributed by atoms with Crippen molar-refractivity contribution in [2.24, 2.45) is 5.84 Å². The van der Waals surface area contributed by atoms with Crippen LogP contribution < -0.4 is 21.5 Å². The summed E-state index contributed by atoms with van der Waals surface area (Å²) in [7, 11) is 3.99. The summed E-state index contributed by atoms with van der Waals surface area (Å²) >= 11 is 0. The minimum absolute atomic E-state index is 0.565. The average Bonchev–Trinajstić information content (AvgIpc) is 2.39. The first kappa shape index (κ1) is 12.1. The number of aromatic nitrogens is 2. The van der Waals surface area contributed by atoms with E-state index in [0.29, 0.717) is 11.6 Å². The van der Waals surface area contributed by atoms with Crippen LogP contribution in [-0.4, -0.2) is 24.1 Å². The summed E-state index contributed by atoms with van der Waals surface area (Å²) in [5.41, 5.74) is 4.55. The van der Waals surface area contributed by atoms with Gasteiger partial charge in [0.2, 0.25) is 0 Å². The van der Waals surface area contributed by atoms with Gasteiger partial charge in [0, 0.05) is 20.2 Å². The summed E-state index contributed by atoms with van der Waals surface area (Å²) in [5, 5.41) is 3.24. The lowest BCUT2D eigenvalue weighted by Gasteiger charge is -2.18. The molecule has 0 bridgehead atoms. The van der Waals surface area contributed by atoms with E-state index in [-0.39, 0.29) is 0 Å². The molecule has 0 aliphatic rings. The summed E-state index contributed by atoms with van der Waals surface area (Å²) in [6.45, 7) is 0. The van der Waals surface area contributed by atoms with E-state index in [0.717, 1.165) is 11.4 Å². The van der Waals surface area contributed by atoms with Crippen molar-refractivity contribution in [3.63, 3.8) is 0 Å². The Morgan fingerprint density at radius 2 is 1.83 bits per heavy atom. The standard InChI is InChI=1S/C12H16N6/c1-18(2)10-6-4-3-5-9(10)16-11-7-12(17-13)15-8-14-11/h3-8H,13H2,1-2H3,(H2,14,15,16,17). The Labute approximate surface area is 106 Å². The fourth-order valence-corrected chi connectivity index (χ4v) is 1.61. The van der Waals surface area contributed by atoms with Crippen LogP contribution in [0.5, 0.6) is 0 Å². The molecular weight excluding hydrogens is 228 g/mol. The third-order valence-corrected chi connectivity index (χ3v) is 2.46. The molecule has 4 N–H and O–H groups in total. The molecule has 0 amide bonds. The zero-order valence-electron chi connectivity index (χ0n) is 10.4. The Bertz CT molecular complexity index is 525. The number of hydrazine groups is 1. The molecule has 0 aliphatic heterocycles. The summed E-state index contributed by atoms with van der Waals surface area (Å²) in [6.07, 6.45) is 1.45. The topological polar surface area (TPSA) is 79.1 Å². The molecule has 0 radical (unpaired) electrons. The Hall–Kier alpha value is -2.34. The van der Waals surface area contributed by atoms with Crippen molar-refractivity contribution in [2.45, 2.75) is 0 Å². The summed E-state index contributed by atoms with van der Waals surface area (Å²) in [6, 6.07) is 9.73. The predicted octanol–water partition coefficient (Wildman–Crippen LogP) is 1.57. The third kappa shape index (κ3) is 2.67. The minimum atomic E-state index is 0.565. The molecule has 0 atom stereocenters. The zero-order chi connectivity index (χ0) is 13.0. The van der Waals surface area contributed by atoms with Crippen LogP contribution in [-0.2, 0) is 0 Å². The lowest BCUT2D eigenvalue weighted by atomic mass is 10.2. The summed E-state index contributed by atoms with van der Waals surface area (Å²) in [5.74, 6) is 6.57. The van der Waals surface area contributed by atoms with Crippen LogP contribution in [0.15, 0.2) is 36.7 Å². The molecule has 6 heteroatoms. The van der Waals surface area contributed by atoms with E-state index in [4.69, 9.17) is 5.84 Å². The van der Waals surface area contributed by atoms with Gasteiger partial charge in [0.25, 0.3) is 0 Å². The van der Waals surface area contributed by atoms with Crippen molar-refractivity contribution < 1.29 is 0 Å². The van der Waals surface area contributed by atoms with Gasteiger partial charge in [0.1, 0.15) is 18.0 Å². The van der Waals surface area contributed by atoms with Gasteiger partial charge in [0.15, 0.2) is 0 Å². The van der Waals surface area contributed by atoms with Crippen molar-refractivity contribution >= 4 is 23.0 Å². The van der Waals surface area contributed by atoms with Gasteiger partial charge in [-0.05, 0) is 12.1 Å². The Morgan fingerprint density at radius 3 is 2.56 bits per heavy atom. The second-order valence-corrected chi connectivity index (χ2v) is 3.97. The molecule has 1 aromatic carbocycles. The van der Waals surface area contributed by atoms with Crippen molar-refractivity contribution in [2.75, 3.05) is 29.7 Å². The smallest absolute Gasteiger partial charge is 0.145 e. The highest BCUT2D eigenvalue weighted by Crippen LogP contribution is 2.26. The summed E-state index contributed by atoms with van der Waals surface area (Å²) in [4.78, 5) is 10.1. The predicted molar refractivity (Wildman–Crippen MR) is 73.9 cm³/mol. The second-order valence-electron chi connectivity index (χ2n) is 3.97. The van der Waals surface area contributed by atoms with E-state index in [1.54, 1.807) is 6.07 Å². The largest absolute Gasteiger partial charge is 0.376 e. The molecule has 0 unspecified atom stereocenters. The van der Waals surface area contributed by atoms with Crippen molar-refractivity contribution in [3.05, 3.63) is 36.7 Å². The number of hydrogen-bond acceptors (Lipinski definition) is 6. The van der Waals surface area contributed by atoms with Crippen molar-refractivity contribution in [1.29, 1.82) is 0 Å². The lowest BCUT2D eigenvalue weighted by Crippen LogP contribution is -2.11. The molecule has 2 rings (SSSR count). The van der Waals surface area contributed by atoms with E-state index < -0.39 is 0 Å². The maximum atomic E-state index is 5.31. The van der Waals surface area contributed by atoms with Crippen LogP contribution in [0.25, 0.3) is 0 Å². The second kappa shape index (κ2) is 5.33. The van der Waals surface area contributed by atoms with Gasteiger partial charge in [-0.1, -0.05) is 12.1 Å². The molecule has 2 aromatic rings. The normalized spacial score (nSPS) is 9.94. The number of nitrogens with two attached hydrogens (primary N) is 1. The van der Waals surface area contributed by atoms with Crippen LogP contribution in [0.3, 0.4) is 0 Å². The van der Waals surface area contributed by atoms with Gasteiger partial charge in [0.05, 0.1) is 11.4 Å². The molecule has 1 aromatic heterocycles. The number of hydrogen-bond donors (Lipinski definition) is 3. The number of anilines is 4. The SMILES string of the molecule is CN(C)c1ccccc1Nc1cc(NN)ncn1. The van der Waals surface area contributed by atoms with Crippen LogP contribution in [0.4, 0.5) is 23.0 Å². The van der Waals surface area contributed by atoms with Crippen LogP contribution in [0, 0.1) is 0 Å². The van der Waals surface area contributed by atoms with Gasteiger partial charge in [-0.25, -0.2) is 15.8 Å². The molecule has 0 saturated heterocycles. The number of benzene rings is 1. The molecule has 1 heterocycles. The molecule has 6 nitrogen and oxygen atoms in total. The third-order valence-electron chi connectivity index (χ3n) is 2.46. The molecule has 18 heavy (non-hydrogen) atoms. The number of rotatable bonds is 4. The highest BCUT2D eigenvalue weighted by molar-refractivity contribution is 5.74. The minimum Gasteiger partial charge on any atom is -0.376 e. The van der Waals surface area contributed by atoms with E-state index in [2.05, 4.69) is 20.7 Å². The van der Waals surface area contributed by atoms with Crippen molar-refractivity contribution in [3.8, 4) is 0 Å². The molecule has 0 spiro atoms. The monoisotopic (exact) mass is 244 g/mol. The van der Waals surface area contributed by atoms with Gasteiger partial charge in [-0.3, -0.25) is 0 Å². The zero-order valence-corrected chi connectivity index (χ0v) is 10.4. The summed E-state index contributed by atoms with van der Waals surface area (Å²) < 4.78 is 0. The number of para-hydroxylation sites is 2. The molecule has 0 saturated carbocycles. The average molecular weight is 244 g/mol. The first-order chi connectivity index (χ1) is 8.70. The van der Waals surface area contributed by atoms with E-state index >= 15 is 0 Å². The Kier molecular flexibility index (Phi) is 3.59. The molecule has 0 fully saturated rings. The number of nitrogens with zero attached hydrogens (tertiary/aromatic N) is 3. The first-order valence-corrected chi connectivity index (χ1v) is 5.53. The first-order valence-electron chi connectivity index (χ1n) is 5.53. The van der Waals surface area contributed by atoms with Crippen LogP contribution in [0.2, 0.25) is 0 Å². The van der Waals surface area contributed by atoms with Crippen molar-refractivity contribution in [1.82, 2.24) is 9.97 Å². The molecule has 94 valence electrons. The van der Waals surface area contributed by atoms with Gasteiger partial charge in [-0.2, -0.15) is 0 Å². The lowest BCUT2D eigenvalue weighted by molar-refractivity contribution is 1.12. The van der Waals surface area contributed by atoms with Crippen LogP contribution in [0.1, 0.15) is 0 Å². The molecule has 0 aliphatic carbocycles. The Balaban J connectivity index is 2.28. The molecular formula is C12H16N6. The number of nitrogen functional groups attached to an aromatic ring is 1. The van der Waals surface area contributed by atoms with Crippen LogP contribution >= 0.6 is 0 Å². The number of nitrogens with one attached hydrogen (secondary N) is 2. The maximum Gasteiger partial charge on any atom is 0.145 e. The van der Waals surface area contributed by atoms with Gasteiger partial charge < -0.3 is 15.6 Å². The fraction of sp³-hybridized carbons (Fsp3) is 0.167. The fourth-order valence-electron chi connectivity index (χ4n) is 1.61. The quantitative estimate of drug-likeness (QED) is 0.559. The van der Waals surface area contributed by atoms with Gasteiger partial charge in [-0.15, -0.1) is 0 Å². The highest BCUT2D eigenvalue weighted by Gasteiger charge is 2.04.